The molecule has 0 spiro atoms. The third kappa shape index (κ3) is 5.10. The normalized spacial score (nSPS) is 11.1. The lowest BCUT2D eigenvalue weighted by Crippen LogP contribution is -2.20. The van der Waals surface area contributed by atoms with Crippen molar-refractivity contribution in [1.82, 2.24) is 0 Å². The van der Waals surface area contributed by atoms with Crippen LogP contribution in [0.1, 0.15) is 32.8 Å². The smallest absolute Gasteiger partial charge is 0.262 e. The van der Waals surface area contributed by atoms with E-state index in [4.69, 9.17) is 4.74 Å². The maximum Gasteiger partial charge on any atom is 0.262 e. The summed E-state index contributed by atoms with van der Waals surface area (Å²) in [5.74, 6) is 0.525. The number of ether oxygens (including phenoxy) is 1. The highest BCUT2D eigenvalue weighted by molar-refractivity contribution is 9.10. The minimum Gasteiger partial charge on any atom is -0.484 e. The third-order valence-electron chi connectivity index (χ3n) is 4.02. The number of hydrogen-bond acceptors (Lipinski definition) is 2. The summed E-state index contributed by atoms with van der Waals surface area (Å²) in [6.45, 7) is 6.60. The average Bonchev–Trinajstić information content (AvgIpc) is 2.55. The van der Waals surface area contributed by atoms with Gasteiger partial charge in [0.2, 0.25) is 0 Å². The molecule has 2 aromatic carbocycles. The van der Waals surface area contributed by atoms with Crippen LogP contribution in [-0.2, 0) is 10.2 Å². The van der Waals surface area contributed by atoms with Crippen LogP contribution in [0.25, 0.3) is 0 Å². The number of hydrogen-bond donors (Lipinski definition) is 1. The first kappa shape index (κ1) is 17.5. The minimum atomic E-state index is -0.176. The Balaban J connectivity index is 1.88. The second kappa shape index (κ2) is 7.64. The Morgan fingerprint density at radius 3 is 2.26 bits per heavy atom. The van der Waals surface area contributed by atoms with Crippen molar-refractivity contribution in [3.63, 3.8) is 0 Å². The van der Waals surface area contributed by atoms with Crippen LogP contribution in [-0.4, -0.2) is 12.5 Å². The van der Waals surface area contributed by atoms with E-state index in [1.165, 1.54) is 5.56 Å². The largest absolute Gasteiger partial charge is 0.484 e. The van der Waals surface area contributed by atoms with Gasteiger partial charge in [-0.3, -0.25) is 4.79 Å². The average molecular weight is 376 g/mol. The van der Waals surface area contributed by atoms with E-state index in [9.17, 15) is 4.79 Å². The van der Waals surface area contributed by atoms with Gasteiger partial charge in [0.15, 0.2) is 6.61 Å². The molecule has 0 fully saturated rings. The fourth-order valence-corrected chi connectivity index (χ4v) is 2.35. The van der Waals surface area contributed by atoms with Gasteiger partial charge >= 0.3 is 0 Å². The molecule has 0 aliphatic heterocycles. The van der Waals surface area contributed by atoms with Gasteiger partial charge in [-0.2, -0.15) is 0 Å². The number of carbonyl (C=O) groups is 1. The van der Waals surface area contributed by atoms with E-state index < -0.39 is 0 Å². The van der Waals surface area contributed by atoms with E-state index in [0.29, 0.717) is 5.75 Å². The molecule has 2 rings (SSSR count). The Morgan fingerprint density at radius 2 is 1.70 bits per heavy atom. The number of carbonyl (C=O) groups excluding carboxylic acids is 1. The Labute approximate surface area is 146 Å². The molecule has 1 amide bonds. The molecule has 3 nitrogen and oxygen atoms in total. The van der Waals surface area contributed by atoms with Gasteiger partial charge in [0.1, 0.15) is 5.75 Å². The highest BCUT2D eigenvalue weighted by atomic mass is 79.9. The highest BCUT2D eigenvalue weighted by Crippen LogP contribution is 2.28. The van der Waals surface area contributed by atoms with E-state index in [1.54, 1.807) is 0 Å². The lowest BCUT2D eigenvalue weighted by atomic mass is 9.82. The number of amides is 1. The van der Waals surface area contributed by atoms with Crippen LogP contribution < -0.4 is 10.1 Å². The van der Waals surface area contributed by atoms with Crippen molar-refractivity contribution < 1.29 is 9.53 Å². The zero-order chi connectivity index (χ0) is 16.9. The third-order valence-corrected chi connectivity index (χ3v) is 4.55. The summed E-state index contributed by atoms with van der Waals surface area (Å²) in [5, 5.41) is 2.80. The van der Waals surface area contributed by atoms with Crippen LogP contribution in [0.2, 0.25) is 0 Å². The summed E-state index contributed by atoms with van der Waals surface area (Å²) in [6.07, 6.45) is 1.07. The Hall–Kier alpha value is -1.81. The number of benzene rings is 2. The predicted octanol–water partition coefficient (Wildman–Crippen LogP) is 5.15. The first-order valence-corrected chi connectivity index (χ1v) is 8.49. The molecule has 1 N–H and O–H groups in total. The molecular formula is C19H22BrNO2. The van der Waals surface area contributed by atoms with Crippen molar-refractivity contribution in [2.75, 3.05) is 11.9 Å². The summed E-state index contributed by atoms with van der Waals surface area (Å²) >= 11 is 3.36. The van der Waals surface area contributed by atoms with Gasteiger partial charge in [0.05, 0.1) is 0 Å². The molecule has 0 saturated heterocycles. The predicted molar refractivity (Wildman–Crippen MR) is 98.0 cm³/mol. The molecule has 0 aliphatic rings. The molecule has 2 aromatic rings. The van der Waals surface area contributed by atoms with Crippen LogP contribution in [0.5, 0.6) is 5.75 Å². The Kier molecular flexibility index (Phi) is 5.83. The van der Waals surface area contributed by atoms with Crippen LogP contribution >= 0.6 is 15.9 Å². The van der Waals surface area contributed by atoms with E-state index in [2.05, 4.69) is 54.2 Å². The standard InChI is InChI=1S/C19H22BrNO2/c1-4-19(2,3)14-5-11-17(12-6-14)23-13-18(22)21-16-9-7-15(20)8-10-16/h5-12H,4,13H2,1-3H3,(H,21,22). The molecule has 0 aliphatic carbocycles. The van der Waals surface area contributed by atoms with E-state index in [-0.39, 0.29) is 17.9 Å². The van der Waals surface area contributed by atoms with Gasteiger partial charge in [-0.25, -0.2) is 0 Å². The Bertz CT molecular complexity index is 648. The van der Waals surface area contributed by atoms with Gasteiger partial charge in [-0.1, -0.05) is 48.8 Å². The highest BCUT2D eigenvalue weighted by Gasteiger charge is 2.17. The summed E-state index contributed by atoms with van der Waals surface area (Å²) in [6, 6.07) is 15.4. The van der Waals surface area contributed by atoms with Crippen molar-refractivity contribution in [1.29, 1.82) is 0 Å². The molecule has 122 valence electrons. The van der Waals surface area contributed by atoms with Crippen molar-refractivity contribution in [2.45, 2.75) is 32.6 Å². The van der Waals surface area contributed by atoms with Crippen LogP contribution in [0.4, 0.5) is 5.69 Å². The van der Waals surface area contributed by atoms with Gasteiger partial charge in [-0.15, -0.1) is 0 Å². The molecular weight excluding hydrogens is 354 g/mol. The lowest BCUT2D eigenvalue weighted by molar-refractivity contribution is -0.118. The summed E-state index contributed by atoms with van der Waals surface area (Å²) < 4.78 is 6.52. The molecule has 0 aromatic heterocycles. The SMILES string of the molecule is CCC(C)(C)c1ccc(OCC(=O)Nc2ccc(Br)cc2)cc1. The second-order valence-corrected chi connectivity index (χ2v) is 7.02. The monoisotopic (exact) mass is 375 g/mol. The van der Waals surface area contributed by atoms with Gasteiger partial charge in [0, 0.05) is 10.2 Å². The minimum absolute atomic E-state index is 0.00736. The van der Waals surface area contributed by atoms with Crippen LogP contribution in [0.15, 0.2) is 53.0 Å². The quantitative estimate of drug-likeness (QED) is 0.757. The fourth-order valence-electron chi connectivity index (χ4n) is 2.09. The van der Waals surface area contributed by atoms with Crippen molar-refractivity contribution in [3.8, 4) is 5.75 Å². The summed E-state index contributed by atoms with van der Waals surface area (Å²) in [5.41, 5.74) is 2.17. The van der Waals surface area contributed by atoms with Gasteiger partial charge < -0.3 is 10.1 Å². The molecule has 0 radical (unpaired) electrons. The number of halogens is 1. The van der Waals surface area contributed by atoms with Crippen molar-refractivity contribution in [2.24, 2.45) is 0 Å². The van der Waals surface area contributed by atoms with E-state index in [0.717, 1.165) is 16.6 Å². The number of anilines is 1. The van der Waals surface area contributed by atoms with Gasteiger partial charge in [-0.05, 0) is 53.8 Å². The molecule has 0 heterocycles. The van der Waals surface area contributed by atoms with E-state index >= 15 is 0 Å². The Morgan fingerprint density at radius 1 is 1.09 bits per heavy atom. The zero-order valence-electron chi connectivity index (χ0n) is 13.7. The summed E-state index contributed by atoms with van der Waals surface area (Å²) in [4.78, 5) is 11.9. The van der Waals surface area contributed by atoms with Crippen molar-refractivity contribution >= 4 is 27.5 Å². The van der Waals surface area contributed by atoms with E-state index in [1.807, 2.05) is 36.4 Å². The number of rotatable bonds is 6. The molecule has 0 atom stereocenters. The molecule has 23 heavy (non-hydrogen) atoms. The van der Waals surface area contributed by atoms with Crippen LogP contribution in [0.3, 0.4) is 0 Å². The maximum atomic E-state index is 11.9. The molecule has 0 bridgehead atoms. The first-order chi connectivity index (χ1) is 10.9. The zero-order valence-corrected chi connectivity index (χ0v) is 15.3. The topological polar surface area (TPSA) is 38.3 Å². The van der Waals surface area contributed by atoms with Crippen LogP contribution in [0, 0.1) is 0 Å². The first-order valence-electron chi connectivity index (χ1n) is 7.69. The molecule has 0 unspecified atom stereocenters. The summed E-state index contributed by atoms with van der Waals surface area (Å²) in [7, 11) is 0. The molecule has 4 heteroatoms. The number of nitrogens with one attached hydrogen (secondary N) is 1. The van der Waals surface area contributed by atoms with Crippen molar-refractivity contribution in [3.05, 3.63) is 58.6 Å². The maximum absolute atomic E-state index is 11.9. The second-order valence-electron chi connectivity index (χ2n) is 6.11. The van der Waals surface area contributed by atoms with Gasteiger partial charge in [0.25, 0.3) is 5.91 Å². The lowest BCUT2D eigenvalue weighted by Gasteiger charge is -2.23. The molecule has 0 saturated carbocycles. The fraction of sp³-hybridized carbons (Fsp3) is 0.316.